The number of benzene rings is 2. The van der Waals surface area contributed by atoms with Crippen LogP contribution < -0.4 is 14.8 Å². The molecule has 1 saturated heterocycles. The van der Waals surface area contributed by atoms with Gasteiger partial charge in [-0.15, -0.1) is 0 Å². The molecule has 0 spiro atoms. The normalized spacial score (nSPS) is 19.4. The van der Waals surface area contributed by atoms with Gasteiger partial charge in [0.25, 0.3) is 0 Å². The summed E-state index contributed by atoms with van der Waals surface area (Å²) in [5.74, 6) is 0.952. The second-order valence-corrected chi connectivity index (χ2v) is 10.3. The maximum Gasteiger partial charge on any atom is 0.320 e. The molecule has 2 aromatic carbocycles. The van der Waals surface area contributed by atoms with Crippen molar-refractivity contribution in [2.45, 2.75) is 70.8 Å². The largest absolute Gasteiger partial charge is 0.486 e. The Hall–Kier alpha value is -3.17. The molecule has 1 N–H and O–H groups in total. The predicted octanol–water partition coefficient (Wildman–Crippen LogP) is 6.24. The molecule has 0 bridgehead atoms. The highest BCUT2D eigenvalue weighted by molar-refractivity contribution is 6.31. The van der Waals surface area contributed by atoms with E-state index in [1.165, 1.54) is 18.5 Å². The quantitative estimate of drug-likeness (QED) is 0.318. The molecule has 2 unspecified atom stereocenters. The molecule has 1 aliphatic heterocycles. The molecular formula is C28H32ClFN4O4. The first-order chi connectivity index (χ1) is 18.4. The van der Waals surface area contributed by atoms with Crippen molar-refractivity contribution in [1.82, 2.24) is 14.9 Å². The molecule has 2 atom stereocenters. The summed E-state index contributed by atoms with van der Waals surface area (Å²) >= 11 is 5.98. The number of halogens is 2. The molecule has 202 valence electrons. The number of cyclic esters (lactones) is 1. The first-order valence-electron chi connectivity index (χ1n) is 13.2. The molecule has 1 aliphatic carbocycles. The van der Waals surface area contributed by atoms with Crippen LogP contribution in [0.1, 0.15) is 52.4 Å². The minimum Gasteiger partial charge on any atom is -0.486 e. The zero-order valence-corrected chi connectivity index (χ0v) is 22.3. The van der Waals surface area contributed by atoms with E-state index in [9.17, 15) is 9.18 Å². The van der Waals surface area contributed by atoms with Gasteiger partial charge < -0.3 is 19.5 Å². The fourth-order valence-electron chi connectivity index (χ4n) is 5.03. The average Bonchev–Trinajstić information content (AvgIpc) is 3.39. The standard InChI is InChI=1S/C28H32ClFN4O4/c1-3-6-26(34-14-17(2)36-27(35)15-34)38-24-12-20-23(13-25(24)37-19-7-4-5-8-19)31-16-32-28(20)33-18-9-10-22(30)21(29)11-18/h9-13,16-17,19,26H,3-8,14-15H2,1-2H3,(H,31,32,33). The monoisotopic (exact) mass is 542 g/mol. The number of morpholine rings is 1. The summed E-state index contributed by atoms with van der Waals surface area (Å²) in [5.41, 5.74) is 1.27. The third kappa shape index (κ3) is 6.10. The molecule has 2 aliphatic rings. The van der Waals surface area contributed by atoms with Gasteiger partial charge in [0.05, 0.1) is 23.2 Å². The lowest BCUT2D eigenvalue weighted by Gasteiger charge is -2.36. The average molecular weight is 543 g/mol. The Morgan fingerprint density at radius 1 is 1.21 bits per heavy atom. The number of carbonyl (C=O) groups is 1. The maximum absolute atomic E-state index is 13.7. The highest BCUT2D eigenvalue weighted by atomic mass is 35.5. The molecular weight excluding hydrogens is 511 g/mol. The SMILES string of the molecule is CCCC(Oc1cc2c(Nc3ccc(F)c(Cl)c3)ncnc2cc1OC1CCCC1)N1CC(=O)OC(C)C1. The van der Waals surface area contributed by atoms with E-state index in [1.807, 2.05) is 24.0 Å². The minimum absolute atomic E-state index is 0.0151. The van der Waals surface area contributed by atoms with E-state index in [-0.39, 0.29) is 36.0 Å². The van der Waals surface area contributed by atoms with E-state index in [4.69, 9.17) is 25.8 Å². The molecule has 38 heavy (non-hydrogen) atoms. The van der Waals surface area contributed by atoms with E-state index < -0.39 is 5.82 Å². The van der Waals surface area contributed by atoms with E-state index in [0.29, 0.717) is 40.5 Å². The number of aromatic nitrogens is 2. The first-order valence-corrected chi connectivity index (χ1v) is 13.5. The van der Waals surface area contributed by atoms with E-state index in [1.54, 1.807) is 6.07 Å². The molecule has 1 saturated carbocycles. The van der Waals surface area contributed by atoms with Crippen LogP contribution in [-0.4, -0.2) is 52.4 Å². The van der Waals surface area contributed by atoms with Gasteiger partial charge in [0.15, 0.2) is 17.7 Å². The number of hydrogen-bond acceptors (Lipinski definition) is 8. The lowest BCUT2D eigenvalue weighted by atomic mass is 10.1. The van der Waals surface area contributed by atoms with E-state index in [2.05, 4.69) is 22.2 Å². The summed E-state index contributed by atoms with van der Waals surface area (Å²) in [4.78, 5) is 23.1. The van der Waals surface area contributed by atoms with Gasteiger partial charge in [0.2, 0.25) is 0 Å². The van der Waals surface area contributed by atoms with Gasteiger partial charge >= 0.3 is 5.97 Å². The summed E-state index contributed by atoms with van der Waals surface area (Å²) in [6.45, 7) is 4.73. The van der Waals surface area contributed by atoms with Crippen LogP contribution in [0.15, 0.2) is 36.7 Å². The fraction of sp³-hybridized carbons (Fsp3) is 0.464. The van der Waals surface area contributed by atoms with Crippen molar-refractivity contribution in [3.8, 4) is 11.5 Å². The molecule has 2 heterocycles. The maximum atomic E-state index is 13.7. The van der Waals surface area contributed by atoms with Gasteiger partial charge in [0.1, 0.15) is 24.1 Å². The zero-order valence-electron chi connectivity index (χ0n) is 21.6. The summed E-state index contributed by atoms with van der Waals surface area (Å²) < 4.78 is 32.1. The van der Waals surface area contributed by atoms with Crippen molar-refractivity contribution < 1.29 is 23.4 Å². The fourth-order valence-corrected chi connectivity index (χ4v) is 5.21. The second kappa shape index (κ2) is 11.7. The Morgan fingerprint density at radius 3 is 2.76 bits per heavy atom. The minimum atomic E-state index is -0.493. The summed E-state index contributed by atoms with van der Waals surface area (Å²) in [7, 11) is 0. The Labute approximate surface area is 226 Å². The molecule has 2 fully saturated rings. The third-order valence-electron chi connectivity index (χ3n) is 6.84. The molecule has 8 nitrogen and oxygen atoms in total. The number of nitrogens with zero attached hydrogens (tertiary/aromatic N) is 3. The van der Waals surface area contributed by atoms with Crippen LogP contribution in [0.25, 0.3) is 10.9 Å². The van der Waals surface area contributed by atoms with Crippen LogP contribution in [0.5, 0.6) is 11.5 Å². The van der Waals surface area contributed by atoms with E-state index >= 15 is 0 Å². The van der Waals surface area contributed by atoms with Gasteiger partial charge in [-0.25, -0.2) is 14.4 Å². The number of hydrogen-bond donors (Lipinski definition) is 1. The number of anilines is 2. The number of carbonyl (C=O) groups excluding carboxylic acids is 1. The molecule has 0 amide bonds. The zero-order chi connectivity index (χ0) is 26.6. The first kappa shape index (κ1) is 26.4. The van der Waals surface area contributed by atoms with Crippen LogP contribution >= 0.6 is 11.6 Å². The van der Waals surface area contributed by atoms with Crippen LogP contribution in [0.3, 0.4) is 0 Å². The van der Waals surface area contributed by atoms with Gasteiger partial charge in [0, 0.05) is 23.7 Å². The number of ether oxygens (including phenoxy) is 3. The van der Waals surface area contributed by atoms with E-state index in [0.717, 1.165) is 38.5 Å². The highest BCUT2D eigenvalue weighted by Gasteiger charge is 2.31. The summed E-state index contributed by atoms with van der Waals surface area (Å²) in [5, 5.41) is 3.94. The van der Waals surface area contributed by atoms with Crippen molar-refractivity contribution in [1.29, 1.82) is 0 Å². The van der Waals surface area contributed by atoms with Gasteiger partial charge in [-0.3, -0.25) is 9.69 Å². The Kier molecular flexibility index (Phi) is 8.14. The number of rotatable bonds is 9. The Bertz CT molecular complexity index is 1300. The van der Waals surface area contributed by atoms with Crippen molar-refractivity contribution in [2.75, 3.05) is 18.4 Å². The van der Waals surface area contributed by atoms with Crippen molar-refractivity contribution >= 4 is 40.0 Å². The number of fused-ring (bicyclic) bond motifs is 1. The summed E-state index contributed by atoms with van der Waals surface area (Å²) in [6.07, 6.45) is 6.90. The van der Waals surface area contributed by atoms with Crippen LogP contribution in [0.2, 0.25) is 5.02 Å². The molecule has 0 radical (unpaired) electrons. The van der Waals surface area contributed by atoms with Crippen LogP contribution in [0, 0.1) is 5.82 Å². The molecule has 10 heteroatoms. The van der Waals surface area contributed by atoms with Crippen LogP contribution in [-0.2, 0) is 9.53 Å². The van der Waals surface area contributed by atoms with Crippen molar-refractivity contribution in [3.63, 3.8) is 0 Å². The molecule has 1 aromatic heterocycles. The Morgan fingerprint density at radius 2 is 2.03 bits per heavy atom. The number of nitrogens with one attached hydrogen (secondary N) is 1. The highest BCUT2D eigenvalue weighted by Crippen LogP contribution is 2.38. The lowest BCUT2D eigenvalue weighted by molar-refractivity contribution is -0.163. The topological polar surface area (TPSA) is 85.8 Å². The summed E-state index contributed by atoms with van der Waals surface area (Å²) in [6, 6.07) is 8.16. The van der Waals surface area contributed by atoms with Crippen molar-refractivity contribution in [2.24, 2.45) is 0 Å². The molecule has 5 rings (SSSR count). The smallest absolute Gasteiger partial charge is 0.320 e. The van der Waals surface area contributed by atoms with Gasteiger partial charge in [-0.05, 0) is 63.3 Å². The second-order valence-electron chi connectivity index (χ2n) is 9.91. The lowest BCUT2D eigenvalue weighted by Crippen LogP contribution is -2.51. The van der Waals surface area contributed by atoms with Gasteiger partial charge in [-0.1, -0.05) is 24.9 Å². The Balaban J connectivity index is 1.52. The van der Waals surface area contributed by atoms with Crippen molar-refractivity contribution in [3.05, 3.63) is 47.5 Å². The predicted molar refractivity (Wildman–Crippen MR) is 144 cm³/mol. The molecule has 3 aromatic rings. The van der Waals surface area contributed by atoms with Crippen LogP contribution in [0.4, 0.5) is 15.9 Å². The number of esters is 1. The third-order valence-corrected chi connectivity index (χ3v) is 7.13. The van der Waals surface area contributed by atoms with Gasteiger partial charge in [-0.2, -0.15) is 0 Å².